The van der Waals surface area contributed by atoms with Crippen molar-refractivity contribution < 1.29 is 24.5 Å². The monoisotopic (exact) mass is 406 g/mol. The molecular formula is C25H26O5. The molecule has 0 atom stereocenters. The van der Waals surface area contributed by atoms with Crippen LogP contribution in [0.15, 0.2) is 47.6 Å². The van der Waals surface area contributed by atoms with Crippen molar-refractivity contribution in [2.24, 2.45) is 0 Å². The summed E-state index contributed by atoms with van der Waals surface area (Å²) in [6.07, 6.45) is 6.03. The highest BCUT2D eigenvalue weighted by atomic mass is 16.5. The molecule has 0 radical (unpaired) electrons. The molecule has 3 rings (SSSR count). The van der Waals surface area contributed by atoms with Gasteiger partial charge in [-0.2, -0.15) is 0 Å². The molecule has 2 N–H and O–H groups in total. The average Bonchev–Trinajstić information content (AvgIpc) is 2.64. The molecule has 156 valence electrons. The molecule has 0 heterocycles. The fraction of sp³-hybridized carbons (Fsp3) is 0.280. The highest BCUT2D eigenvalue weighted by molar-refractivity contribution is 6.30. The summed E-state index contributed by atoms with van der Waals surface area (Å²) >= 11 is 0. The van der Waals surface area contributed by atoms with Crippen LogP contribution >= 0.6 is 0 Å². The number of phenols is 2. The minimum atomic E-state index is -0.573. The van der Waals surface area contributed by atoms with Crippen LogP contribution in [0.4, 0.5) is 0 Å². The summed E-state index contributed by atoms with van der Waals surface area (Å²) in [5, 5.41) is 20.6. The molecule has 0 unspecified atom stereocenters. The number of carbonyl (C=O) groups is 2. The molecule has 1 aliphatic carbocycles. The number of rotatable bonds is 6. The molecule has 0 saturated carbocycles. The van der Waals surface area contributed by atoms with E-state index in [9.17, 15) is 19.8 Å². The normalized spacial score (nSPS) is 13.0. The Kier molecular flexibility index (Phi) is 6.11. The number of benzene rings is 2. The lowest BCUT2D eigenvalue weighted by atomic mass is 9.82. The Morgan fingerprint density at radius 2 is 1.53 bits per heavy atom. The van der Waals surface area contributed by atoms with Gasteiger partial charge >= 0.3 is 0 Å². The van der Waals surface area contributed by atoms with Crippen LogP contribution < -0.4 is 4.74 Å². The van der Waals surface area contributed by atoms with Crippen LogP contribution in [0.3, 0.4) is 0 Å². The molecular weight excluding hydrogens is 380 g/mol. The van der Waals surface area contributed by atoms with E-state index >= 15 is 0 Å². The van der Waals surface area contributed by atoms with Crippen LogP contribution in [0.5, 0.6) is 17.2 Å². The number of phenolic OH excluding ortho intramolecular Hbond substituents is 2. The van der Waals surface area contributed by atoms with E-state index in [1.165, 1.54) is 29.3 Å². The van der Waals surface area contributed by atoms with E-state index in [0.29, 0.717) is 11.3 Å². The topological polar surface area (TPSA) is 83.8 Å². The minimum absolute atomic E-state index is 0.0722. The van der Waals surface area contributed by atoms with Crippen LogP contribution in [0.25, 0.3) is 0 Å². The van der Waals surface area contributed by atoms with Crippen molar-refractivity contribution in [1.29, 1.82) is 0 Å². The lowest BCUT2D eigenvalue weighted by Gasteiger charge is -2.20. The molecule has 30 heavy (non-hydrogen) atoms. The highest BCUT2D eigenvalue weighted by Gasteiger charge is 2.35. The second-order valence-electron chi connectivity index (χ2n) is 7.91. The van der Waals surface area contributed by atoms with E-state index in [1.807, 2.05) is 13.0 Å². The second kappa shape index (κ2) is 8.57. The van der Waals surface area contributed by atoms with Crippen LogP contribution in [0.2, 0.25) is 0 Å². The standard InChI is InChI=1S/C25H26O5/c1-14(2)6-5-7-15(3)8-9-30-17-12-19-23(21(27)13-17)25(29)22-18(24(19)28)10-16(4)11-20(22)26/h6,8,10-13,26-27H,5,7,9H2,1-4H3/b15-8+. The van der Waals surface area contributed by atoms with Crippen LogP contribution in [0, 0.1) is 6.92 Å². The van der Waals surface area contributed by atoms with E-state index in [-0.39, 0.29) is 40.4 Å². The lowest BCUT2D eigenvalue weighted by molar-refractivity contribution is 0.0974. The number of hydrogen-bond acceptors (Lipinski definition) is 5. The summed E-state index contributed by atoms with van der Waals surface area (Å²) in [4.78, 5) is 25.8. The van der Waals surface area contributed by atoms with Crippen molar-refractivity contribution in [3.05, 3.63) is 75.4 Å². The third kappa shape index (κ3) is 4.30. The zero-order chi connectivity index (χ0) is 22.0. The number of carbonyl (C=O) groups excluding carboxylic acids is 2. The van der Waals surface area contributed by atoms with Gasteiger partial charge in [-0.05, 0) is 70.4 Å². The summed E-state index contributed by atoms with van der Waals surface area (Å²) < 4.78 is 5.71. The van der Waals surface area contributed by atoms with Gasteiger partial charge in [0.05, 0.1) is 11.1 Å². The van der Waals surface area contributed by atoms with Gasteiger partial charge in [-0.1, -0.05) is 17.2 Å². The number of ketones is 2. The van der Waals surface area contributed by atoms with Crippen LogP contribution in [-0.4, -0.2) is 28.4 Å². The zero-order valence-electron chi connectivity index (χ0n) is 17.7. The first-order chi connectivity index (χ1) is 14.2. The number of allylic oxidation sites excluding steroid dienone is 3. The van der Waals surface area contributed by atoms with Gasteiger partial charge in [-0.25, -0.2) is 0 Å². The van der Waals surface area contributed by atoms with Crippen molar-refractivity contribution >= 4 is 11.6 Å². The Hall–Kier alpha value is -3.34. The minimum Gasteiger partial charge on any atom is -0.507 e. The third-order valence-corrected chi connectivity index (χ3v) is 5.07. The molecule has 0 amide bonds. The number of ether oxygens (including phenoxy) is 1. The fourth-order valence-electron chi connectivity index (χ4n) is 3.53. The number of hydrogen-bond donors (Lipinski definition) is 2. The Bertz CT molecular complexity index is 1090. The van der Waals surface area contributed by atoms with Crippen molar-refractivity contribution in [2.75, 3.05) is 6.61 Å². The molecule has 0 spiro atoms. The average molecular weight is 406 g/mol. The quantitative estimate of drug-likeness (QED) is 0.546. The molecule has 0 saturated heterocycles. The summed E-state index contributed by atoms with van der Waals surface area (Å²) in [5.74, 6) is -1.29. The predicted octanol–water partition coefficient (Wildman–Crippen LogP) is 5.25. The van der Waals surface area contributed by atoms with Crippen molar-refractivity contribution in [3.8, 4) is 17.2 Å². The molecule has 2 aromatic carbocycles. The van der Waals surface area contributed by atoms with Crippen LogP contribution in [-0.2, 0) is 0 Å². The zero-order valence-corrected chi connectivity index (χ0v) is 17.7. The first-order valence-electron chi connectivity index (χ1n) is 9.91. The van der Waals surface area contributed by atoms with Crippen molar-refractivity contribution in [3.63, 3.8) is 0 Å². The Morgan fingerprint density at radius 1 is 0.900 bits per heavy atom. The number of aryl methyl sites for hydroxylation is 1. The maximum atomic E-state index is 13.0. The molecule has 0 aliphatic heterocycles. The van der Waals surface area contributed by atoms with Gasteiger partial charge in [-0.15, -0.1) is 0 Å². The van der Waals surface area contributed by atoms with Crippen LogP contribution in [0.1, 0.15) is 71.0 Å². The first-order valence-corrected chi connectivity index (χ1v) is 9.91. The molecule has 5 heteroatoms. The molecule has 0 fully saturated rings. The molecule has 1 aliphatic rings. The maximum Gasteiger partial charge on any atom is 0.201 e. The molecule has 0 bridgehead atoms. The van der Waals surface area contributed by atoms with E-state index in [1.54, 1.807) is 13.0 Å². The van der Waals surface area contributed by atoms with Gasteiger partial charge in [-0.3, -0.25) is 9.59 Å². The smallest absolute Gasteiger partial charge is 0.201 e. The van der Waals surface area contributed by atoms with Crippen molar-refractivity contribution in [2.45, 2.75) is 40.5 Å². The van der Waals surface area contributed by atoms with Gasteiger partial charge in [0.1, 0.15) is 23.9 Å². The Balaban J connectivity index is 1.84. The molecule has 5 nitrogen and oxygen atoms in total. The molecule has 0 aromatic heterocycles. The summed E-state index contributed by atoms with van der Waals surface area (Å²) in [6, 6.07) is 5.80. The van der Waals surface area contributed by atoms with E-state index in [0.717, 1.165) is 12.8 Å². The second-order valence-corrected chi connectivity index (χ2v) is 7.91. The fourth-order valence-corrected chi connectivity index (χ4v) is 3.53. The highest BCUT2D eigenvalue weighted by Crippen LogP contribution is 2.39. The number of fused-ring (bicyclic) bond motifs is 2. The first kappa shape index (κ1) is 21.4. The predicted molar refractivity (Wildman–Crippen MR) is 116 cm³/mol. The van der Waals surface area contributed by atoms with E-state index < -0.39 is 11.6 Å². The van der Waals surface area contributed by atoms with E-state index in [2.05, 4.69) is 19.9 Å². The van der Waals surface area contributed by atoms with Gasteiger partial charge in [0.15, 0.2) is 5.78 Å². The van der Waals surface area contributed by atoms with Gasteiger partial charge < -0.3 is 14.9 Å². The Labute approximate surface area is 176 Å². The number of aromatic hydroxyl groups is 2. The van der Waals surface area contributed by atoms with Gasteiger partial charge in [0, 0.05) is 17.2 Å². The lowest BCUT2D eigenvalue weighted by Crippen LogP contribution is -2.21. The summed E-state index contributed by atoms with van der Waals surface area (Å²) in [5.41, 5.74) is 3.17. The Morgan fingerprint density at radius 3 is 2.20 bits per heavy atom. The largest absolute Gasteiger partial charge is 0.507 e. The molecule has 2 aromatic rings. The summed E-state index contributed by atoms with van der Waals surface area (Å²) in [6.45, 7) is 8.18. The maximum absolute atomic E-state index is 13.0. The van der Waals surface area contributed by atoms with E-state index in [4.69, 9.17) is 4.74 Å². The third-order valence-electron chi connectivity index (χ3n) is 5.07. The van der Waals surface area contributed by atoms with Gasteiger partial charge in [0.25, 0.3) is 0 Å². The van der Waals surface area contributed by atoms with Gasteiger partial charge in [0.2, 0.25) is 5.78 Å². The van der Waals surface area contributed by atoms with Crippen molar-refractivity contribution in [1.82, 2.24) is 0 Å². The summed E-state index contributed by atoms with van der Waals surface area (Å²) in [7, 11) is 0. The SMILES string of the molecule is CC(C)=CCC/C(C)=C/COc1cc(O)c2c(c1)C(=O)c1cc(C)cc(O)c1C2=O.